The fourth-order valence-electron chi connectivity index (χ4n) is 0.939. The van der Waals surface area contributed by atoms with Gasteiger partial charge in [0.15, 0.2) is 4.84 Å². The summed E-state index contributed by atoms with van der Waals surface area (Å²) in [6.07, 6.45) is 0. The zero-order valence-corrected chi connectivity index (χ0v) is 9.63. The molecule has 0 aliphatic heterocycles. The molecule has 0 aliphatic rings. The van der Waals surface area contributed by atoms with Gasteiger partial charge in [0.25, 0.3) is 0 Å². The van der Waals surface area contributed by atoms with Crippen molar-refractivity contribution in [2.45, 2.75) is 4.87 Å². The summed E-state index contributed by atoms with van der Waals surface area (Å²) in [6.45, 7) is 0. The van der Waals surface area contributed by atoms with Crippen molar-refractivity contribution in [3.05, 3.63) is 40.7 Å². The molecule has 1 radical (unpaired) electrons. The fraction of sp³-hybridized carbons (Fsp3) is 0.222. The molecule has 0 saturated heterocycles. The van der Waals surface area contributed by atoms with E-state index < -0.39 is 4.87 Å². The van der Waals surface area contributed by atoms with Gasteiger partial charge in [0, 0.05) is 5.88 Å². The van der Waals surface area contributed by atoms with Crippen LogP contribution in [0.3, 0.4) is 0 Å². The van der Waals surface area contributed by atoms with Gasteiger partial charge in [0.05, 0.1) is 0 Å². The molecule has 0 heterocycles. The van der Waals surface area contributed by atoms with E-state index in [1.807, 2.05) is 30.3 Å². The van der Waals surface area contributed by atoms with Crippen LogP contribution in [0.2, 0.25) is 0 Å². The predicted molar refractivity (Wildman–Crippen MR) is 59.6 cm³/mol. The molecule has 0 saturated carbocycles. The van der Waals surface area contributed by atoms with Gasteiger partial charge in [0.1, 0.15) is 4.87 Å². The maximum absolute atomic E-state index is 6.15. The molecule has 0 bridgehead atoms. The summed E-state index contributed by atoms with van der Waals surface area (Å²) in [5, 5.41) is 0. The molecule has 0 aromatic heterocycles. The highest BCUT2D eigenvalue weighted by Gasteiger charge is 2.36. The molecule has 1 aromatic carbocycles. The summed E-state index contributed by atoms with van der Waals surface area (Å²) in [7, 11) is 0. The van der Waals surface area contributed by atoms with E-state index in [0.717, 1.165) is 5.56 Å². The quantitative estimate of drug-likeness (QED) is 0.707. The van der Waals surface area contributed by atoms with Crippen LogP contribution in [-0.4, -0.2) is 5.88 Å². The first-order valence-electron chi connectivity index (χ1n) is 3.60. The number of alkyl halides is 2. The Morgan fingerprint density at radius 3 is 2.08 bits per heavy atom. The SMILES string of the molecule is ClCC(Cl)([C](Cl)Cl)c1ccccc1. The topological polar surface area (TPSA) is 0 Å². The zero-order valence-electron chi connectivity index (χ0n) is 6.61. The van der Waals surface area contributed by atoms with Crippen LogP contribution >= 0.6 is 46.4 Å². The number of hydrogen-bond donors (Lipinski definition) is 0. The van der Waals surface area contributed by atoms with Gasteiger partial charge in [-0.3, -0.25) is 0 Å². The summed E-state index contributed by atoms with van der Waals surface area (Å²) in [5.74, 6) is 0.140. The van der Waals surface area contributed by atoms with Crippen LogP contribution in [0.4, 0.5) is 0 Å². The highest BCUT2D eigenvalue weighted by molar-refractivity contribution is 6.58. The molecule has 0 amide bonds. The van der Waals surface area contributed by atoms with Crippen molar-refractivity contribution in [3.63, 3.8) is 0 Å². The molecule has 13 heavy (non-hydrogen) atoms. The maximum atomic E-state index is 6.15. The highest BCUT2D eigenvalue weighted by Crippen LogP contribution is 2.44. The first-order valence-corrected chi connectivity index (χ1v) is 5.27. The summed E-state index contributed by atoms with van der Waals surface area (Å²) in [5.41, 5.74) is 0.798. The van der Waals surface area contributed by atoms with Crippen molar-refractivity contribution >= 4 is 46.4 Å². The number of rotatable bonds is 3. The molecule has 4 heteroatoms. The summed E-state index contributed by atoms with van der Waals surface area (Å²) in [4.78, 5) is -0.915. The molecule has 0 nitrogen and oxygen atoms in total. The average Bonchev–Trinajstić information content (AvgIpc) is 2.17. The molecule has 0 aliphatic carbocycles. The number of benzene rings is 1. The molecule has 0 spiro atoms. The van der Waals surface area contributed by atoms with Gasteiger partial charge in [-0.05, 0) is 5.56 Å². The van der Waals surface area contributed by atoms with Crippen LogP contribution in [0.25, 0.3) is 0 Å². The van der Waals surface area contributed by atoms with Crippen molar-refractivity contribution in [3.8, 4) is 0 Å². The summed E-state index contributed by atoms with van der Waals surface area (Å²) < 4.78 is 0. The van der Waals surface area contributed by atoms with Gasteiger partial charge < -0.3 is 0 Å². The largest absolute Gasteiger partial charge is 0.177 e. The molecule has 71 valence electrons. The Balaban J connectivity index is 3.03. The fourth-order valence-corrected chi connectivity index (χ4v) is 1.84. The predicted octanol–water partition coefficient (Wildman–Crippen LogP) is 4.33. The molecule has 1 rings (SSSR count). The second kappa shape index (κ2) is 4.75. The molecule has 1 aromatic rings. The van der Waals surface area contributed by atoms with E-state index in [1.54, 1.807) is 0 Å². The first-order chi connectivity index (χ1) is 6.11. The van der Waals surface area contributed by atoms with E-state index in [0.29, 0.717) is 0 Å². The van der Waals surface area contributed by atoms with Gasteiger partial charge in [-0.1, -0.05) is 53.5 Å². The lowest BCUT2D eigenvalue weighted by atomic mass is 10.0. The Morgan fingerprint density at radius 2 is 1.69 bits per heavy atom. The van der Waals surface area contributed by atoms with E-state index in [-0.39, 0.29) is 10.7 Å². The monoisotopic (exact) mass is 255 g/mol. The minimum absolute atomic E-state index is 0.0652. The third kappa shape index (κ3) is 2.44. The Kier molecular flexibility index (Phi) is 4.18. The maximum Gasteiger partial charge on any atom is 0.177 e. The van der Waals surface area contributed by atoms with Gasteiger partial charge >= 0.3 is 0 Å². The van der Waals surface area contributed by atoms with Gasteiger partial charge in [-0.15, -0.1) is 23.2 Å². The van der Waals surface area contributed by atoms with Gasteiger partial charge in [-0.25, -0.2) is 0 Å². The van der Waals surface area contributed by atoms with E-state index in [1.165, 1.54) is 0 Å². The van der Waals surface area contributed by atoms with Crippen LogP contribution in [0.5, 0.6) is 0 Å². The van der Waals surface area contributed by atoms with Crippen LogP contribution in [0.15, 0.2) is 30.3 Å². The van der Waals surface area contributed by atoms with E-state index in [4.69, 9.17) is 46.4 Å². The van der Waals surface area contributed by atoms with Crippen LogP contribution in [0.1, 0.15) is 5.56 Å². The molecule has 1 unspecified atom stereocenters. The first kappa shape index (κ1) is 11.5. The van der Waals surface area contributed by atoms with E-state index in [2.05, 4.69) is 0 Å². The lowest BCUT2D eigenvalue weighted by Gasteiger charge is -2.25. The minimum atomic E-state index is -0.980. The number of hydrogen-bond acceptors (Lipinski definition) is 0. The van der Waals surface area contributed by atoms with E-state index >= 15 is 0 Å². The number of halogens is 4. The normalized spacial score (nSPS) is 15.8. The Bertz CT molecular complexity index is 260. The van der Waals surface area contributed by atoms with Crippen molar-refractivity contribution < 1.29 is 0 Å². The third-order valence-corrected chi connectivity index (χ3v) is 3.63. The molecule has 0 fully saturated rings. The Morgan fingerprint density at radius 1 is 1.15 bits per heavy atom. The minimum Gasteiger partial charge on any atom is -0.124 e. The molecule has 1 atom stereocenters. The van der Waals surface area contributed by atoms with Crippen LogP contribution in [0, 0.1) is 4.84 Å². The highest BCUT2D eigenvalue weighted by atomic mass is 35.5. The molecule has 0 N–H and O–H groups in total. The lowest BCUT2D eigenvalue weighted by molar-refractivity contribution is 0.825. The van der Waals surface area contributed by atoms with Gasteiger partial charge in [-0.2, -0.15) is 0 Å². The van der Waals surface area contributed by atoms with Crippen molar-refractivity contribution in [1.29, 1.82) is 0 Å². The van der Waals surface area contributed by atoms with Crippen LogP contribution in [-0.2, 0) is 4.87 Å². The van der Waals surface area contributed by atoms with Crippen molar-refractivity contribution in [1.82, 2.24) is 0 Å². The van der Waals surface area contributed by atoms with Crippen LogP contribution < -0.4 is 0 Å². The summed E-state index contributed by atoms with van der Waals surface area (Å²) >= 11 is 23.2. The van der Waals surface area contributed by atoms with Crippen molar-refractivity contribution in [2.24, 2.45) is 0 Å². The Labute approximate surface area is 97.7 Å². The zero-order chi connectivity index (χ0) is 9.90. The van der Waals surface area contributed by atoms with Gasteiger partial charge in [0.2, 0.25) is 0 Å². The lowest BCUT2D eigenvalue weighted by Crippen LogP contribution is -2.23. The smallest absolute Gasteiger partial charge is 0.124 e. The third-order valence-electron chi connectivity index (χ3n) is 1.72. The Hall–Kier alpha value is 0.380. The second-order valence-corrected chi connectivity index (χ2v) is 4.42. The molecular weight excluding hydrogens is 250 g/mol. The average molecular weight is 257 g/mol. The molecular formula is C9H7Cl4. The summed E-state index contributed by atoms with van der Waals surface area (Å²) in [6, 6.07) is 9.27. The second-order valence-electron chi connectivity index (χ2n) is 2.56. The standard InChI is InChI=1S/C9H7Cl4/c10-6-9(13,8(11)12)7-4-2-1-3-5-7/h1-5H,6H2. The van der Waals surface area contributed by atoms with E-state index in [9.17, 15) is 0 Å². The van der Waals surface area contributed by atoms with Crippen molar-refractivity contribution in [2.75, 3.05) is 5.88 Å².